The monoisotopic (exact) mass is 242 g/mol. The molecule has 0 aliphatic rings. The normalized spacial score (nSPS) is 12.1. The molecule has 0 rings (SSSR count). The Hall–Kier alpha value is -1.26. The second kappa shape index (κ2) is 6.47. The Morgan fingerprint density at radius 2 is 1.76 bits per heavy atom. The van der Waals surface area contributed by atoms with Crippen LogP contribution in [0.4, 0.5) is 0 Å². The van der Waals surface area contributed by atoms with E-state index in [-0.39, 0.29) is 5.54 Å². The summed E-state index contributed by atoms with van der Waals surface area (Å²) in [4.78, 5) is 6.46. The van der Waals surface area contributed by atoms with Gasteiger partial charge in [-0.1, -0.05) is 0 Å². The Kier molecular flexibility index (Phi) is 5.99. The zero-order valence-corrected chi connectivity index (χ0v) is 12.5. The second-order valence-corrected chi connectivity index (χ2v) is 5.44. The average Bonchev–Trinajstić information content (AvgIpc) is 2.10. The summed E-state index contributed by atoms with van der Waals surface area (Å²) in [5.74, 6) is 1.80. The molecule has 2 N–H and O–H groups in total. The molecule has 0 unspecified atom stereocenters. The van der Waals surface area contributed by atoms with Crippen molar-refractivity contribution in [1.29, 1.82) is 0 Å². The van der Waals surface area contributed by atoms with E-state index in [1.165, 1.54) is 0 Å². The second-order valence-electron chi connectivity index (χ2n) is 5.44. The summed E-state index contributed by atoms with van der Waals surface area (Å²) in [6.07, 6.45) is 0. The van der Waals surface area contributed by atoms with Crippen LogP contribution in [-0.4, -0.2) is 61.7 Å². The molecule has 0 spiro atoms. The third-order valence-electron chi connectivity index (χ3n) is 1.89. The molecule has 0 aliphatic carbocycles. The third-order valence-corrected chi connectivity index (χ3v) is 1.89. The van der Waals surface area contributed by atoms with Crippen LogP contribution in [0.5, 0.6) is 0 Å². The molecule has 0 amide bonds. The summed E-state index contributed by atoms with van der Waals surface area (Å²) in [6.45, 7) is 9.12. The van der Waals surface area contributed by atoms with Crippen molar-refractivity contribution in [3.05, 3.63) is 0 Å². The molecule has 0 aromatic heterocycles. The van der Waals surface area contributed by atoms with Crippen molar-refractivity contribution >= 4 is 11.9 Å². The highest BCUT2D eigenvalue weighted by Gasteiger charge is 2.19. The first-order valence-corrected chi connectivity index (χ1v) is 5.98. The quantitative estimate of drug-likeness (QED) is 0.400. The van der Waals surface area contributed by atoms with E-state index in [4.69, 9.17) is 0 Å². The van der Waals surface area contributed by atoms with Gasteiger partial charge < -0.3 is 5.32 Å². The Labute approximate surface area is 106 Å². The highest BCUT2D eigenvalue weighted by Crippen LogP contribution is 1.98. The average molecular weight is 242 g/mol. The van der Waals surface area contributed by atoms with Gasteiger partial charge in [0, 0.05) is 12.1 Å². The minimum absolute atomic E-state index is 0.00919. The Morgan fingerprint density at radius 3 is 2.06 bits per heavy atom. The Morgan fingerprint density at radius 1 is 1.24 bits per heavy atom. The summed E-state index contributed by atoms with van der Waals surface area (Å²) in [5, 5.41) is 6.68. The molecule has 0 saturated heterocycles. The van der Waals surface area contributed by atoms with Gasteiger partial charge in [-0.05, 0) is 27.7 Å². The fourth-order valence-corrected chi connectivity index (χ4v) is 1.35. The van der Waals surface area contributed by atoms with Gasteiger partial charge in [-0.25, -0.2) is 10.3 Å². The fourth-order valence-electron chi connectivity index (χ4n) is 1.35. The maximum atomic E-state index is 4.43. The van der Waals surface area contributed by atoms with E-state index in [1.54, 1.807) is 0 Å². The number of hydrogen-bond acceptors (Lipinski definition) is 1. The predicted octanol–water partition coefficient (Wildman–Crippen LogP) is 0.530. The van der Waals surface area contributed by atoms with Crippen molar-refractivity contribution in [3.63, 3.8) is 0 Å². The van der Waals surface area contributed by atoms with Gasteiger partial charge >= 0.3 is 5.96 Å². The van der Waals surface area contributed by atoms with Crippen molar-refractivity contribution < 1.29 is 4.58 Å². The lowest BCUT2D eigenvalue weighted by Crippen LogP contribution is -2.54. The Balaban J connectivity index is 4.89. The van der Waals surface area contributed by atoms with Crippen LogP contribution < -0.4 is 10.6 Å². The Bertz CT molecular complexity index is 293. The summed E-state index contributed by atoms with van der Waals surface area (Å²) in [7, 11) is 8.01. The number of hydrogen-bond donors (Lipinski definition) is 2. The predicted molar refractivity (Wildman–Crippen MR) is 74.8 cm³/mol. The summed E-state index contributed by atoms with van der Waals surface area (Å²) in [6, 6.07) is 0. The minimum atomic E-state index is -0.00919. The first-order chi connectivity index (χ1) is 7.67. The van der Waals surface area contributed by atoms with Crippen molar-refractivity contribution in [3.8, 4) is 0 Å². The lowest BCUT2D eigenvalue weighted by atomic mass is 10.1. The highest BCUT2D eigenvalue weighted by molar-refractivity contribution is 5.96. The molecular formula is C12H28N5+. The number of nitrogens with one attached hydrogen (secondary N) is 2. The molecule has 0 fully saturated rings. The van der Waals surface area contributed by atoms with Crippen LogP contribution in [0.3, 0.4) is 0 Å². The zero-order chi connectivity index (χ0) is 13.6. The molecule has 0 saturated carbocycles. The van der Waals surface area contributed by atoms with E-state index in [0.29, 0.717) is 0 Å². The van der Waals surface area contributed by atoms with Gasteiger partial charge in [0.1, 0.15) is 0 Å². The standard InChI is InChI=1S/C12H27N5/c1-9-13-10(15-12(2,3)4)14-11(16(5)6)17(7)8/h9H2,1-8H3,(H,13,15)/p+1. The summed E-state index contributed by atoms with van der Waals surface area (Å²) >= 11 is 0. The molecule has 17 heavy (non-hydrogen) atoms. The SMILES string of the molecule is CCN=C(NC(N(C)C)=[N+](C)C)NC(C)(C)C. The van der Waals surface area contributed by atoms with Crippen molar-refractivity contribution in [2.24, 2.45) is 4.99 Å². The molecule has 0 bridgehead atoms. The lowest BCUT2D eigenvalue weighted by Gasteiger charge is -2.23. The number of aliphatic imine (C=N–C) groups is 1. The van der Waals surface area contributed by atoms with E-state index >= 15 is 0 Å². The van der Waals surface area contributed by atoms with Gasteiger partial charge in [0.05, 0.1) is 28.2 Å². The van der Waals surface area contributed by atoms with E-state index in [9.17, 15) is 0 Å². The molecule has 5 heteroatoms. The van der Waals surface area contributed by atoms with E-state index in [1.807, 2.05) is 44.6 Å². The van der Waals surface area contributed by atoms with E-state index < -0.39 is 0 Å². The van der Waals surface area contributed by atoms with Gasteiger partial charge in [-0.2, -0.15) is 0 Å². The van der Waals surface area contributed by atoms with Gasteiger partial charge in [0.15, 0.2) is 0 Å². The largest absolute Gasteiger partial charge is 0.354 e. The third kappa shape index (κ3) is 6.81. The van der Waals surface area contributed by atoms with Gasteiger partial charge in [0.2, 0.25) is 0 Å². The van der Waals surface area contributed by atoms with Crippen LogP contribution in [0.25, 0.3) is 0 Å². The maximum Gasteiger partial charge on any atom is 0.354 e. The number of rotatable bonds is 1. The first-order valence-electron chi connectivity index (χ1n) is 5.98. The zero-order valence-electron chi connectivity index (χ0n) is 12.5. The molecular weight excluding hydrogens is 214 g/mol. The van der Waals surface area contributed by atoms with Crippen LogP contribution in [0, 0.1) is 0 Å². The van der Waals surface area contributed by atoms with E-state index in [2.05, 4.69) is 36.4 Å². The molecule has 0 heterocycles. The highest BCUT2D eigenvalue weighted by atomic mass is 15.4. The van der Waals surface area contributed by atoms with Crippen LogP contribution >= 0.6 is 0 Å². The molecule has 0 aromatic rings. The minimum Gasteiger partial charge on any atom is -0.339 e. The van der Waals surface area contributed by atoms with Crippen LogP contribution in [0.15, 0.2) is 4.99 Å². The molecule has 0 aliphatic heterocycles. The molecule has 0 radical (unpaired) electrons. The van der Waals surface area contributed by atoms with E-state index in [0.717, 1.165) is 18.5 Å². The smallest absolute Gasteiger partial charge is 0.339 e. The van der Waals surface area contributed by atoms with Crippen molar-refractivity contribution in [2.75, 3.05) is 34.7 Å². The fraction of sp³-hybridized carbons (Fsp3) is 0.833. The molecule has 0 aromatic carbocycles. The molecule has 5 nitrogen and oxygen atoms in total. The van der Waals surface area contributed by atoms with Crippen molar-refractivity contribution in [2.45, 2.75) is 33.2 Å². The topological polar surface area (TPSA) is 42.7 Å². The molecule has 0 atom stereocenters. The number of guanidine groups is 2. The number of nitrogens with zero attached hydrogens (tertiary/aromatic N) is 3. The summed E-state index contributed by atoms with van der Waals surface area (Å²) < 4.78 is 2.02. The van der Waals surface area contributed by atoms with Crippen LogP contribution in [0.1, 0.15) is 27.7 Å². The van der Waals surface area contributed by atoms with Crippen LogP contribution in [0.2, 0.25) is 0 Å². The first kappa shape index (κ1) is 15.7. The van der Waals surface area contributed by atoms with Crippen LogP contribution in [-0.2, 0) is 0 Å². The van der Waals surface area contributed by atoms with Crippen molar-refractivity contribution in [1.82, 2.24) is 15.5 Å². The van der Waals surface area contributed by atoms with Gasteiger partial charge in [-0.15, -0.1) is 0 Å². The maximum absolute atomic E-state index is 4.43. The lowest BCUT2D eigenvalue weighted by molar-refractivity contribution is -0.471. The summed E-state index contributed by atoms with van der Waals surface area (Å²) in [5.41, 5.74) is -0.00919. The van der Waals surface area contributed by atoms with Gasteiger partial charge in [0.25, 0.3) is 5.96 Å². The van der Waals surface area contributed by atoms with Gasteiger partial charge in [-0.3, -0.25) is 9.48 Å². The molecule has 100 valence electrons.